The van der Waals surface area contributed by atoms with Crippen LogP contribution in [-0.2, 0) is 55.0 Å². The van der Waals surface area contributed by atoms with Gasteiger partial charge in [-0.3, -0.25) is 8.37 Å². The highest BCUT2D eigenvalue weighted by Crippen LogP contribution is 2.11. The summed E-state index contributed by atoms with van der Waals surface area (Å²) in [6, 6.07) is 0. The molecule has 0 aliphatic carbocycles. The van der Waals surface area contributed by atoms with Crippen molar-refractivity contribution < 1.29 is 38.1 Å². The third-order valence-electron chi connectivity index (χ3n) is 2.10. The van der Waals surface area contributed by atoms with Gasteiger partial charge < -0.3 is 4.55 Å². The SMILES string of the molecule is C[S+]([O-])COS(=O)(=O)CCCCS(=O)(=O)OCS(=O)OC(C)(C)C. The third kappa shape index (κ3) is 14.6. The first-order valence-corrected chi connectivity index (χ1v) is 13.0. The fourth-order valence-electron chi connectivity index (χ4n) is 1.23. The van der Waals surface area contributed by atoms with Crippen LogP contribution in [0.15, 0.2) is 0 Å². The highest BCUT2D eigenvalue weighted by atomic mass is 32.2. The zero-order valence-corrected chi connectivity index (χ0v) is 17.3. The Morgan fingerprint density at radius 3 is 1.88 bits per heavy atom. The molecule has 2 unspecified atom stereocenters. The van der Waals surface area contributed by atoms with E-state index < -0.39 is 71.5 Å². The summed E-state index contributed by atoms with van der Waals surface area (Å²) in [5.74, 6) is -1.86. The average Bonchev–Trinajstić information content (AvgIpc) is 2.38. The van der Waals surface area contributed by atoms with Crippen LogP contribution in [0.3, 0.4) is 0 Å². The summed E-state index contributed by atoms with van der Waals surface area (Å²) in [6.45, 7) is 4.99. The van der Waals surface area contributed by atoms with Crippen molar-refractivity contribution in [2.45, 2.75) is 39.2 Å². The van der Waals surface area contributed by atoms with Crippen LogP contribution in [0.1, 0.15) is 33.6 Å². The first-order chi connectivity index (χ1) is 10.7. The highest BCUT2D eigenvalue weighted by Gasteiger charge is 2.19. The Labute approximate surface area is 149 Å². The summed E-state index contributed by atoms with van der Waals surface area (Å²) < 4.78 is 82.3. The number of unbranched alkanes of at least 4 members (excludes halogenated alkanes) is 1. The van der Waals surface area contributed by atoms with Crippen LogP contribution in [0, 0.1) is 0 Å². The molecule has 0 fully saturated rings. The maximum Gasteiger partial charge on any atom is 0.271 e. The number of hydrogen-bond donors (Lipinski definition) is 0. The van der Waals surface area contributed by atoms with E-state index in [1.807, 2.05) is 0 Å². The molecular weight excluding hydrogens is 404 g/mol. The summed E-state index contributed by atoms with van der Waals surface area (Å²) in [7, 11) is -7.77. The summed E-state index contributed by atoms with van der Waals surface area (Å²) in [5.41, 5.74) is -0.700. The van der Waals surface area contributed by atoms with Crippen molar-refractivity contribution in [3.8, 4) is 0 Å². The van der Waals surface area contributed by atoms with Gasteiger partial charge in [0.1, 0.15) is 0 Å². The van der Waals surface area contributed by atoms with Crippen molar-refractivity contribution in [3.63, 3.8) is 0 Å². The molecule has 0 spiro atoms. The Morgan fingerprint density at radius 1 is 1.00 bits per heavy atom. The largest absolute Gasteiger partial charge is 0.615 e. The molecule has 0 radical (unpaired) electrons. The minimum absolute atomic E-state index is 0.0207. The second-order valence-electron chi connectivity index (χ2n) is 5.77. The highest BCUT2D eigenvalue weighted by molar-refractivity contribution is 7.92. The predicted molar refractivity (Wildman–Crippen MR) is 91.8 cm³/mol. The van der Waals surface area contributed by atoms with E-state index in [0.717, 1.165) is 0 Å². The Bertz CT molecular complexity index is 589. The van der Waals surface area contributed by atoms with Crippen LogP contribution in [-0.4, -0.2) is 60.8 Å². The molecule has 0 aliphatic rings. The molecule has 2 atom stereocenters. The lowest BCUT2D eigenvalue weighted by molar-refractivity contribution is 0.147. The molecule has 0 heterocycles. The molecule has 0 amide bonds. The molecule has 0 aromatic carbocycles. The number of hydrogen-bond acceptors (Lipinski definition) is 9. The van der Waals surface area contributed by atoms with Crippen molar-refractivity contribution in [3.05, 3.63) is 0 Å². The van der Waals surface area contributed by atoms with Gasteiger partial charge >= 0.3 is 0 Å². The quantitative estimate of drug-likeness (QED) is 0.243. The molecule has 146 valence electrons. The summed E-state index contributed by atoms with van der Waals surface area (Å²) in [5, 5.41) is 0. The van der Waals surface area contributed by atoms with Gasteiger partial charge in [0.05, 0.1) is 23.4 Å². The van der Waals surface area contributed by atoms with Gasteiger partial charge in [0.2, 0.25) is 5.94 Å². The molecule has 0 saturated carbocycles. The minimum atomic E-state index is -3.93. The number of rotatable bonds is 12. The van der Waals surface area contributed by atoms with E-state index in [0.29, 0.717) is 0 Å². The Kier molecular flexibility index (Phi) is 10.5. The first kappa shape index (κ1) is 24.2. The topological polar surface area (TPSA) is 136 Å². The molecule has 13 heteroatoms. The predicted octanol–water partition coefficient (Wildman–Crippen LogP) is 0.232. The van der Waals surface area contributed by atoms with E-state index >= 15 is 0 Å². The van der Waals surface area contributed by atoms with E-state index in [1.54, 1.807) is 20.8 Å². The Balaban J connectivity index is 4.11. The molecule has 0 bridgehead atoms. The maximum absolute atomic E-state index is 11.6. The van der Waals surface area contributed by atoms with Gasteiger partial charge in [-0.25, -0.2) is 8.39 Å². The lowest BCUT2D eigenvalue weighted by atomic mass is 10.2. The average molecular weight is 429 g/mol. The first-order valence-electron chi connectivity index (χ1n) is 6.84. The van der Waals surface area contributed by atoms with Crippen molar-refractivity contribution in [1.29, 1.82) is 0 Å². The summed E-state index contributed by atoms with van der Waals surface area (Å²) in [4.78, 5) is 0. The van der Waals surface area contributed by atoms with Crippen molar-refractivity contribution >= 4 is 42.5 Å². The Morgan fingerprint density at radius 2 is 1.46 bits per heavy atom. The summed E-state index contributed by atoms with van der Waals surface area (Å²) in [6.07, 6.45) is 1.35. The van der Waals surface area contributed by atoms with E-state index in [9.17, 15) is 25.6 Å². The van der Waals surface area contributed by atoms with Crippen LogP contribution in [0.25, 0.3) is 0 Å². The minimum Gasteiger partial charge on any atom is -0.615 e. The molecule has 0 N–H and O–H groups in total. The normalized spacial score (nSPS) is 16.0. The molecule has 0 aliphatic heterocycles. The smallest absolute Gasteiger partial charge is 0.271 e. The van der Waals surface area contributed by atoms with Gasteiger partial charge in [0.25, 0.3) is 20.2 Å². The molecule has 0 aromatic rings. The fourth-order valence-corrected chi connectivity index (χ4v) is 5.22. The second kappa shape index (κ2) is 10.4. The molecule has 24 heavy (non-hydrogen) atoms. The van der Waals surface area contributed by atoms with Gasteiger partial charge in [-0.1, -0.05) is 0 Å². The lowest BCUT2D eigenvalue weighted by Gasteiger charge is -2.17. The molecule has 0 rings (SSSR count). The van der Waals surface area contributed by atoms with Gasteiger partial charge in [0.15, 0.2) is 17.0 Å². The van der Waals surface area contributed by atoms with Crippen LogP contribution < -0.4 is 0 Å². The van der Waals surface area contributed by atoms with Crippen LogP contribution >= 0.6 is 0 Å². The lowest BCUT2D eigenvalue weighted by Crippen LogP contribution is -2.24. The van der Waals surface area contributed by atoms with Gasteiger partial charge in [-0.2, -0.15) is 16.8 Å². The maximum atomic E-state index is 11.6. The van der Waals surface area contributed by atoms with Crippen molar-refractivity contribution in [1.82, 2.24) is 0 Å². The summed E-state index contributed by atoms with van der Waals surface area (Å²) >= 11 is -3.32. The molecule has 9 nitrogen and oxygen atoms in total. The van der Waals surface area contributed by atoms with E-state index in [-0.39, 0.29) is 12.8 Å². The van der Waals surface area contributed by atoms with Gasteiger partial charge in [-0.15, -0.1) is 0 Å². The van der Waals surface area contributed by atoms with Crippen molar-refractivity contribution in [2.75, 3.05) is 29.6 Å². The second-order valence-corrected chi connectivity index (χ2v) is 11.7. The monoisotopic (exact) mass is 428 g/mol. The van der Waals surface area contributed by atoms with E-state index in [4.69, 9.17) is 4.18 Å². The molecule has 0 aromatic heterocycles. The standard InChI is InChI=1S/C11H24O9S4/c1-11(2,3)20-22(13)10-19-24(16,17)8-6-5-7-23(14,15)18-9-21(4)12/h5-10H2,1-4H3. The van der Waals surface area contributed by atoms with Crippen molar-refractivity contribution in [2.24, 2.45) is 0 Å². The fraction of sp³-hybridized carbons (Fsp3) is 1.00. The van der Waals surface area contributed by atoms with Crippen LogP contribution in [0.4, 0.5) is 0 Å². The third-order valence-corrected chi connectivity index (χ3v) is 6.37. The zero-order valence-electron chi connectivity index (χ0n) is 14.0. The molecular formula is C11H24O9S4. The zero-order chi connectivity index (χ0) is 19.0. The van der Waals surface area contributed by atoms with Crippen LogP contribution in [0.2, 0.25) is 0 Å². The molecule has 0 saturated heterocycles. The van der Waals surface area contributed by atoms with Gasteiger partial charge in [0, 0.05) is 0 Å². The van der Waals surface area contributed by atoms with E-state index in [2.05, 4.69) is 8.37 Å². The Hall–Kier alpha value is 0.240. The van der Waals surface area contributed by atoms with Gasteiger partial charge in [-0.05, 0) is 44.8 Å². The van der Waals surface area contributed by atoms with E-state index in [1.165, 1.54) is 6.26 Å². The van der Waals surface area contributed by atoms with Crippen LogP contribution in [0.5, 0.6) is 0 Å².